The second-order valence-electron chi connectivity index (χ2n) is 5.54. The largest absolute Gasteiger partial charge is 0.274 e. The summed E-state index contributed by atoms with van der Waals surface area (Å²) >= 11 is 3.25. The number of nitrogens with one attached hydrogen (secondary N) is 2. The van der Waals surface area contributed by atoms with Crippen molar-refractivity contribution < 1.29 is 19.2 Å². The van der Waals surface area contributed by atoms with Crippen molar-refractivity contribution >= 4 is 39.6 Å². The third-order valence-electron chi connectivity index (χ3n) is 3.87. The van der Waals surface area contributed by atoms with Gasteiger partial charge in [0.1, 0.15) is 0 Å². The van der Waals surface area contributed by atoms with Crippen LogP contribution in [0.2, 0.25) is 0 Å². The van der Waals surface area contributed by atoms with Gasteiger partial charge in [-0.25, -0.2) is 0 Å². The predicted molar refractivity (Wildman–Crippen MR) is 96.2 cm³/mol. The van der Waals surface area contributed by atoms with Crippen LogP contribution in [-0.4, -0.2) is 35.1 Å². The molecule has 2 aromatic rings. The molecule has 132 valence electrons. The van der Waals surface area contributed by atoms with Gasteiger partial charge in [-0.1, -0.05) is 24.3 Å². The number of carbonyl (C=O) groups is 4. The lowest BCUT2D eigenvalue weighted by Gasteiger charge is -2.14. The van der Waals surface area contributed by atoms with Crippen molar-refractivity contribution in [1.29, 1.82) is 0 Å². The maximum Gasteiger partial charge on any atom is 0.270 e. The summed E-state index contributed by atoms with van der Waals surface area (Å²) in [6.07, 6.45) is -0.123. The van der Waals surface area contributed by atoms with Gasteiger partial charge in [-0.05, 0) is 40.2 Å². The number of hydrazine groups is 1. The van der Waals surface area contributed by atoms with Crippen LogP contribution in [0.3, 0.4) is 0 Å². The first-order valence-electron chi connectivity index (χ1n) is 7.78. The fourth-order valence-corrected chi connectivity index (χ4v) is 3.02. The Balaban J connectivity index is 1.52. The van der Waals surface area contributed by atoms with E-state index in [0.29, 0.717) is 21.2 Å². The quantitative estimate of drug-likeness (QED) is 0.588. The fraction of sp³-hybridized carbons (Fsp3) is 0.111. The van der Waals surface area contributed by atoms with Crippen molar-refractivity contribution in [3.8, 4) is 0 Å². The molecule has 0 spiro atoms. The van der Waals surface area contributed by atoms with Crippen LogP contribution in [0, 0.1) is 0 Å². The summed E-state index contributed by atoms with van der Waals surface area (Å²) in [5, 5.41) is 0. The Morgan fingerprint density at radius 1 is 0.885 bits per heavy atom. The van der Waals surface area contributed by atoms with E-state index in [1.54, 1.807) is 48.5 Å². The van der Waals surface area contributed by atoms with E-state index in [0.717, 1.165) is 4.90 Å². The first-order chi connectivity index (χ1) is 12.5. The molecule has 2 N–H and O–H groups in total. The zero-order valence-electron chi connectivity index (χ0n) is 13.5. The van der Waals surface area contributed by atoms with Crippen LogP contribution in [0.15, 0.2) is 53.0 Å². The Hall–Kier alpha value is -3.00. The number of hydrogen-bond acceptors (Lipinski definition) is 4. The van der Waals surface area contributed by atoms with E-state index in [1.165, 1.54) is 0 Å². The average Bonchev–Trinajstić information content (AvgIpc) is 2.89. The van der Waals surface area contributed by atoms with Gasteiger partial charge >= 0.3 is 0 Å². The first kappa shape index (κ1) is 17.8. The highest BCUT2D eigenvalue weighted by molar-refractivity contribution is 9.10. The summed E-state index contributed by atoms with van der Waals surface area (Å²) in [4.78, 5) is 49.4. The maximum absolute atomic E-state index is 12.2. The Morgan fingerprint density at radius 3 is 2.08 bits per heavy atom. The van der Waals surface area contributed by atoms with Gasteiger partial charge < -0.3 is 0 Å². The molecule has 0 saturated carbocycles. The molecule has 2 aromatic carbocycles. The molecular formula is C18H14BrN3O4. The molecule has 0 saturated heterocycles. The van der Waals surface area contributed by atoms with Crippen LogP contribution < -0.4 is 10.9 Å². The van der Waals surface area contributed by atoms with Crippen molar-refractivity contribution in [3.63, 3.8) is 0 Å². The molecule has 0 radical (unpaired) electrons. The van der Waals surface area contributed by atoms with Gasteiger partial charge in [-0.15, -0.1) is 0 Å². The second kappa shape index (κ2) is 7.49. The van der Waals surface area contributed by atoms with E-state index < -0.39 is 23.6 Å². The number of amides is 4. The minimum Gasteiger partial charge on any atom is -0.274 e. The molecule has 0 fully saturated rings. The van der Waals surface area contributed by atoms with Crippen LogP contribution >= 0.6 is 15.9 Å². The number of hydrogen-bond donors (Lipinski definition) is 2. The molecule has 0 atom stereocenters. The highest BCUT2D eigenvalue weighted by atomic mass is 79.9. The lowest BCUT2D eigenvalue weighted by molar-refractivity contribution is -0.121. The van der Waals surface area contributed by atoms with E-state index in [9.17, 15) is 19.2 Å². The molecule has 3 rings (SSSR count). The average molecular weight is 416 g/mol. The first-order valence-corrected chi connectivity index (χ1v) is 8.57. The maximum atomic E-state index is 12.2. The van der Waals surface area contributed by atoms with Crippen molar-refractivity contribution in [2.75, 3.05) is 6.54 Å². The summed E-state index contributed by atoms with van der Waals surface area (Å²) < 4.78 is 0.595. The number of carbonyl (C=O) groups excluding carboxylic acids is 4. The molecule has 26 heavy (non-hydrogen) atoms. The van der Waals surface area contributed by atoms with Gasteiger partial charge in [0, 0.05) is 17.4 Å². The zero-order chi connectivity index (χ0) is 18.7. The minimum atomic E-state index is -0.512. The number of nitrogens with zero attached hydrogens (tertiary/aromatic N) is 1. The standard InChI is InChI=1S/C18H14BrN3O4/c19-14-8-4-3-7-13(14)16(24)21-20-15(23)9-10-22-17(25)11-5-1-2-6-12(11)18(22)26/h1-8H,9-10H2,(H,20,23)(H,21,24). The van der Waals surface area contributed by atoms with Crippen LogP contribution in [0.4, 0.5) is 0 Å². The fourth-order valence-electron chi connectivity index (χ4n) is 2.56. The smallest absolute Gasteiger partial charge is 0.270 e. The third-order valence-corrected chi connectivity index (χ3v) is 4.57. The van der Waals surface area contributed by atoms with Crippen LogP contribution in [0.1, 0.15) is 37.5 Å². The van der Waals surface area contributed by atoms with E-state index in [1.807, 2.05) is 0 Å². The van der Waals surface area contributed by atoms with Crippen molar-refractivity contribution in [2.24, 2.45) is 0 Å². The van der Waals surface area contributed by atoms with E-state index in [4.69, 9.17) is 0 Å². The van der Waals surface area contributed by atoms with E-state index >= 15 is 0 Å². The molecule has 0 bridgehead atoms. The van der Waals surface area contributed by atoms with Gasteiger partial charge in [-0.2, -0.15) is 0 Å². The number of rotatable bonds is 4. The summed E-state index contributed by atoms with van der Waals surface area (Å²) in [5.41, 5.74) is 5.61. The predicted octanol–water partition coefficient (Wildman–Crippen LogP) is 1.90. The summed E-state index contributed by atoms with van der Waals surface area (Å²) in [6.45, 7) is -0.0664. The molecule has 1 aliphatic heterocycles. The Kier molecular flexibility index (Phi) is 5.13. The van der Waals surface area contributed by atoms with Crippen molar-refractivity contribution in [2.45, 2.75) is 6.42 Å². The second-order valence-corrected chi connectivity index (χ2v) is 6.39. The third kappa shape index (κ3) is 3.50. The summed E-state index contributed by atoms with van der Waals surface area (Å²) in [7, 11) is 0. The highest BCUT2D eigenvalue weighted by Crippen LogP contribution is 2.22. The molecule has 7 nitrogen and oxygen atoms in total. The molecule has 0 aromatic heterocycles. The zero-order valence-corrected chi connectivity index (χ0v) is 15.1. The Labute approximate surface area is 157 Å². The van der Waals surface area contributed by atoms with Crippen molar-refractivity contribution in [3.05, 3.63) is 69.7 Å². The van der Waals surface area contributed by atoms with Crippen molar-refractivity contribution in [1.82, 2.24) is 15.8 Å². The van der Waals surface area contributed by atoms with E-state index in [2.05, 4.69) is 26.8 Å². The van der Waals surface area contributed by atoms with Crippen LogP contribution in [0.5, 0.6) is 0 Å². The summed E-state index contributed by atoms with van der Waals surface area (Å²) in [5.74, 6) is -1.83. The molecule has 0 unspecified atom stereocenters. The molecule has 8 heteroatoms. The number of halogens is 1. The molecule has 1 aliphatic rings. The molecular weight excluding hydrogens is 402 g/mol. The summed E-state index contributed by atoms with van der Waals surface area (Å²) in [6, 6.07) is 13.3. The lowest BCUT2D eigenvalue weighted by Crippen LogP contribution is -2.43. The highest BCUT2D eigenvalue weighted by Gasteiger charge is 2.34. The van der Waals surface area contributed by atoms with Gasteiger partial charge in [-0.3, -0.25) is 34.9 Å². The molecule has 1 heterocycles. The van der Waals surface area contributed by atoms with Crippen LogP contribution in [-0.2, 0) is 4.79 Å². The van der Waals surface area contributed by atoms with Gasteiger partial charge in [0.15, 0.2) is 0 Å². The number of imide groups is 1. The van der Waals surface area contributed by atoms with Gasteiger partial charge in [0.2, 0.25) is 5.91 Å². The Bertz CT molecular complexity index is 878. The van der Waals surface area contributed by atoms with Gasteiger partial charge in [0.25, 0.3) is 17.7 Å². The number of fused-ring (bicyclic) bond motifs is 1. The van der Waals surface area contributed by atoms with Gasteiger partial charge in [0.05, 0.1) is 16.7 Å². The Morgan fingerprint density at radius 2 is 1.46 bits per heavy atom. The molecule has 4 amide bonds. The monoisotopic (exact) mass is 415 g/mol. The topological polar surface area (TPSA) is 95.6 Å². The minimum absolute atomic E-state index is 0.0664. The SMILES string of the molecule is O=C(CCN1C(=O)c2ccccc2C1=O)NNC(=O)c1ccccc1Br. The lowest BCUT2D eigenvalue weighted by atomic mass is 10.1. The normalized spacial score (nSPS) is 12.7. The van der Waals surface area contributed by atoms with Crippen LogP contribution in [0.25, 0.3) is 0 Å². The number of benzene rings is 2. The van der Waals surface area contributed by atoms with E-state index in [-0.39, 0.29) is 13.0 Å². The molecule has 0 aliphatic carbocycles.